The average molecular weight is 247 g/mol. The van der Waals surface area contributed by atoms with Crippen molar-refractivity contribution in [2.24, 2.45) is 0 Å². The van der Waals surface area contributed by atoms with Crippen LogP contribution in [-0.4, -0.2) is 17.0 Å². The summed E-state index contributed by atoms with van der Waals surface area (Å²) in [6.45, 7) is 18.0. The highest BCUT2D eigenvalue weighted by molar-refractivity contribution is 5.27. The van der Waals surface area contributed by atoms with Gasteiger partial charge in [0.2, 0.25) is 0 Å². The molecule has 0 amide bonds. The molecule has 0 saturated carbocycles. The number of rotatable bonds is 3. The highest BCUT2D eigenvalue weighted by Crippen LogP contribution is 2.23. The Labute approximate surface area is 113 Å². The van der Waals surface area contributed by atoms with Crippen LogP contribution in [0.5, 0.6) is 0 Å². The number of hydrogen-bond acceptors (Lipinski definition) is 1. The second kappa shape index (κ2) is 5.44. The van der Waals surface area contributed by atoms with Gasteiger partial charge in [-0.1, -0.05) is 52.0 Å². The average Bonchev–Trinajstić information content (AvgIpc) is 2.23. The van der Waals surface area contributed by atoms with E-state index in [1.165, 1.54) is 11.1 Å². The van der Waals surface area contributed by atoms with Gasteiger partial charge in [-0.2, -0.15) is 0 Å². The van der Waals surface area contributed by atoms with Crippen LogP contribution in [-0.2, 0) is 12.0 Å². The van der Waals surface area contributed by atoms with E-state index in [9.17, 15) is 0 Å². The molecule has 18 heavy (non-hydrogen) atoms. The highest BCUT2D eigenvalue weighted by Gasteiger charge is 2.20. The van der Waals surface area contributed by atoms with Gasteiger partial charge < -0.3 is 0 Å². The second-order valence-corrected chi connectivity index (χ2v) is 7.13. The maximum Gasteiger partial charge on any atom is 0.0238 e. The Morgan fingerprint density at radius 2 is 1.39 bits per heavy atom. The molecule has 0 radical (unpaired) electrons. The molecule has 1 rings (SSSR count). The first-order valence-corrected chi connectivity index (χ1v) is 6.99. The van der Waals surface area contributed by atoms with Gasteiger partial charge in [0.1, 0.15) is 0 Å². The van der Waals surface area contributed by atoms with E-state index in [4.69, 9.17) is 0 Å². The van der Waals surface area contributed by atoms with Crippen LogP contribution in [0.4, 0.5) is 0 Å². The van der Waals surface area contributed by atoms with Crippen molar-refractivity contribution in [3.63, 3.8) is 0 Å². The first-order chi connectivity index (χ1) is 8.14. The zero-order valence-electron chi connectivity index (χ0n) is 13.2. The van der Waals surface area contributed by atoms with Crippen LogP contribution in [0.3, 0.4) is 0 Å². The van der Waals surface area contributed by atoms with E-state index in [0.717, 1.165) is 13.1 Å². The van der Waals surface area contributed by atoms with Gasteiger partial charge in [0.25, 0.3) is 0 Å². The van der Waals surface area contributed by atoms with Crippen LogP contribution in [0.1, 0.15) is 59.6 Å². The lowest BCUT2D eigenvalue weighted by atomic mass is 9.86. The SMILES string of the molecule is CCN(Cc1ccc(C(C)(C)C)cc1)C(C)(C)C. The fraction of sp³-hybridized carbons (Fsp3) is 0.647. The Morgan fingerprint density at radius 3 is 1.72 bits per heavy atom. The second-order valence-electron chi connectivity index (χ2n) is 7.13. The van der Waals surface area contributed by atoms with Gasteiger partial charge in [-0.05, 0) is 43.9 Å². The van der Waals surface area contributed by atoms with E-state index in [-0.39, 0.29) is 11.0 Å². The van der Waals surface area contributed by atoms with Crippen LogP contribution >= 0.6 is 0 Å². The Balaban J connectivity index is 2.81. The molecule has 1 aromatic rings. The molecule has 0 aliphatic heterocycles. The molecular weight excluding hydrogens is 218 g/mol. The van der Waals surface area contributed by atoms with Crippen LogP contribution in [0.25, 0.3) is 0 Å². The van der Waals surface area contributed by atoms with Crippen molar-refractivity contribution in [3.05, 3.63) is 35.4 Å². The third kappa shape index (κ3) is 4.13. The van der Waals surface area contributed by atoms with E-state index in [1.807, 2.05) is 0 Å². The summed E-state index contributed by atoms with van der Waals surface area (Å²) >= 11 is 0. The van der Waals surface area contributed by atoms with Crippen molar-refractivity contribution in [1.82, 2.24) is 4.90 Å². The topological polar surface area (TPSA) is 3.24 Å². The minimum atomic E-state index is 0.234. The lowest BCUT2D eigenvalue weighted by Crippen LogP contribution is -2.40. The molecule has 1 heteroatoms. The number of benzene rings is 1. The van der Waals surface area contributed by atoms with Gasteiger partial charge in [-0.15, -0.1) is 0 Å². The quantitative estimate of drug-likeness (QED) is 0.754. The summed E-state index contributed by atoms with van der Waals surface area (Å²) in [4.78, 5) is 2.50. The summed E-state index contributed by atoms with van der Waals surface area (Å²) in [5.74, 6) is 0. The van der Waals surface area contributed by atoms with Gasteiger partial charge >= 0.3 is 0 Å². The molecule has 0 bridgehead atoms. The molecule has 0 aliphatic carbocycles. The third-order valence-corrected chi connectivity index (χ3v) is 3.52. The van der Waals surface area contributed by atoms with Crippen molar-refractivity contribution in [2.75, 3.05) is 6.54 Å². The number of nitrogens with zero attached hydrogens (tertiary/aromatic N) is 1. The van der Waals surface area contributed by atoms with Crippen LogP contribution in [0.2, 0.25) is 0 Å². The molecule has 0 N–H and O–H groups in total. The van der Waals surface area contributed by atoms with Gasteiger partial charge in [-0.25, -0.2) is 0 Å². The van der Waals surface area contributed by atoms with E-state index in [1.54, 1.807) is 0 Å². The van der Waals surface area contributed by atoms with E-state index < -0.39 is 0 Å². The summed E-state index contributed by atoms with van der Waals surface area (Å²) in [7, 11) is 0. The summed E-state index contributed by atoms with van der Waals surface area (Å²) in [6.07, 6.45) is 0. The Morgan fingerprint density at radius 1 is 0.889 bits per heavy atom. The Hall–Kier alpha value is -0.820. The summed E-state index contributed by atoms with van der Waals surface area (Å²) in [5.41, 5.74) is 3.29. The zero-order valence-corrected chi connectivity index (χ0v) is 13.2. The number of hydrogen-bond donors (Lipinski definition) is 0. The largest absolute Gasteiger partial charge is 0.295 e. The van der Waals surface area contributed by atoms with E-state index in [2.05, 4.69) is 77.6 Å². The molecular formula is C17H29N. The zero-order chi connectivity index (χ0) is 14.0. The molecule has 0 unspecified atom stereocenters. The molecule has 0 heterocycles. The monoisotopic (exact) mass is 247 g/mol. The van der Waals surface area contributed by atoms with Crippen LogP contribution in [0, 0.1) is 0 Å². The first-order valence-electron chi connectivity index (χ1n) is 6.99. The maximum absolute atomic E-state index is 2.50. The predicted molar refractivity (Wildman–Crippen MR) is 81.0 cm³/mol. The van der Waals surface area contributed by atoms with Gasteiger partial charge in [0, 0.05) is 12.1 Å². The van der Waals surface area contributed by atoms with Crippen molar-refractivity contribution >= 4 is 0 Å². The lowest BCUT2D eigenvalue weighted by Gasteiger charge is -2.34. The van der Waals surface area contributed by atoms with Crippen molar-refractivity contribution < 1.29 is 0 Å². The van der Waals surface area contributed by atoms with Gasteiger partial charge in [0.05, 0.1) is 0 Å². The molecule has 1 aromatic carbocycles. The molecule has 0 spiro atoms. The third-order valence-electron chi connectivity index (χ3n) is 3.52. The minimum Gasteiger partial charge on any atom is -0.295 e. The van der Waals surface area contributed by atoms with Crippen LogP contribution in [0.15, 0.2) is 24.3 Å². The van der Waals surface area contributed by atoms with Gasteiger partial charge in [-0.3, -0.25) is 4.90 Å². The first kappa shape index (κ1) is 15.2. The Kier molecular flexibility index (Phi) is 4.61. The minimum absolute atomic E-state index is 0.234. The standard InChI is InChI=1S/C17H29N/c1-8-18(17(5,6)7)13-14-9-11-15(12-10-14)16(2,3)4/h9-12H,8,13H2,1-7H3. The maximum atomic E-state index is 2.50. The summed E-state index contributed by atoms with van der Waals surface area (Å²) in [6, 6.07) is 9.08. The van der Waals surface area contributed by atoms with Crippen LogP contribution < -0.4 is 0 Å². The molecule has 1 nitrogen and oxygen atoms in total. The van der Waals surface area contributed by atoms with Crippen molar-refractivity contribution in [3.8, 4) is 0 Å². The normalized spacial score (nSPS) is 13.1. The molecule has 0 atom stereocenters. The van der Waals surface area contributed by atoms with E-state index >= 15 is 0 Å². The fourth-order valence-corrected chi connectivity index (χ4v) is 2.15. The summed E-state index contributed by atoms with van der Waals surface area (Å²) < 4.78 is 0. The molecule has 0 aliphatic rings. The Bertz CT molecular complexity index is 362. The predicted octanol–water partition coefficient (Wildman–Crippen LogP) is 4.60. The highest BCUT2D eigenvalue weighted by atomic mass is 15.2. The fourth-order valence-electron chi connectivity index (χ4n) is 2.15. The molecule has 0 aromatic heterocycles. The molecule has 102 valence electrons. The summed E-state index contributed by atoms with van der Waals surface area (Å²) in [5, 5.41) is 0. The van der Waals surface area contributed by atoms with E-state index in [0.29, 0.717) is 0 Å². The molecule has 0 saturated heterocycles. The van der Waals surface area contributed by atoms with Crippen molar-refractivity contribution in [2.45, 2.75) is 66.0 Å². The smallest absolute Gasteiger partial charge is 0.0238 e. The lowest BCUT2D eigenvalue weighted by molar-refractivity contribution is 0.136. The van der Waals surface area contributed by atoms with Crippen molar-refractivity contribution in [1.29, 1.82) is 0 Å². The van der Waals surface area contributed by atoms with Gasteiger partial charge in [0.15, 0.2) is 0 Å². The molecule has 0 fully saturated rings.